The fourth-order valence-electron chi connectivity index (χ4n) is 4.38. The van der Waals surface area contributed by atoms with Crippen LogP contribution in [0.4, 0.5) is 11.4 Å². The fourth-order valence-corrected chi connectivity index (χ4v) is 4.38. The molecule has 4 amide bonds. The second kappa shape index (κ2) is 37.5. The lowest BCUT2D eigenvalue weighted by molar-refractivity contribution is 0.0614. The normalized spacial score (nSPS) is 9.32. The fraction of sp³-hybridized carbons (Fsp3) is 0.417. The smallest absolute Gasteiger partial charge is 0.251 e. The van der Waals surface area contributed by atoms with E-state index in [1.54, 1.807) is 72.8 Å². The summed E-state index contributed by atoms with van der Waals surface area (Å²) in [4.78, 5) is 47.7. The number of hydrogen-bond acceptors (Lipinski definition) is 8. The zero-order valence-electron chi connectivity index (χ0n) is 29.4. The Bertz CT molecular complexity index is 1620. The molecule has 0 heterocycles. The molecule has 0 aliphatic carbocycles. The summed E-state index contributed by atoms with van der Waals surface area (Å²) in [5.74, 6) is -0.595. The summed E-state index contributed by atoms with van der Waals surface area (Å²) in [6.07, 6.45) is -0.163. The van der Waals surface area contributed by atoms with Gasteiger partial charge in [0.1, 0.15) is 0 Å². The largest absolute Gasteiger partial charge is 0.399 e. The summed E-state index contributed by atoms with van der Waals surface area (Å²) in [5, 5.41) is 11.2. The van der Waals surface area contributed by atoms with Crippen LogP contribution >= 0.6 is 0 Å². The van der Waals surface area contributed by atoms with Gasteiger partial charge in [0.25, 0.3) is 23.6 Å². The maximum absolute atomic E-state index is 12.0. The van der Waals surface area contributed by atoms with Crippen LogP contribution in [-0.2, 0) is 9.47 Å². The molecule has 12 nitrogen and oxygen atoms in total. The number of amides is 4. The molecule has 60 heavy (non-hydrogen) atoms. The van der Waals surface area contributed by atoms with Gasteiger partial charge in [-0.1, -0.05) is 102 Å². The number of anilines is 2. The maximum Gasteiger partial charge on any atom is 0.251 e. The molecular formula is C48H84N6O6. The molecule has 0 spiro atoms. The van der Waals surface area contributed by atoms with E-state index in [0.29, 0.717) is 79.6 Å². The topological polar surface area (TPSA) is 187 Å². The Hall–Kier alpha value is -5.72. The summed E-state index contributed by atoms with van der Waals surface area (Å²) >= 11 is 0. The maximum atomic E-state index is 12.0. The lowest BCUT2D eigenvalue weighted by Gasteiger charge is -2.14. The summed E-state index contributed by atoms with van der Waals surface area (Å²) < 4.78 is 11.0. The van der Waals surface area contributed by atoms with E-state index in [1.807, 2.05) is 45.0 Å². The Labute approximate surface area is 365 Å². The SMILES string of the molecule is C.C.C.C.C.C.C.C.C.Cc1ccc(C(=O)NCCOC(C)CNC(=O)c2ccc(N)cc2)cc1.Cc1ccc(C(=O)NCCOCCNC(=O)c2ccc(N)cc2)cc1. The van der Waals surface area contributed by atoms with Crippen LogP contribution in [0.1, 0.15) is 126 Å². The molecule has 1 atom stereocenters. The molecule has 8 N–H and O–H groups in total. The number of ether oxygens (including phenoxy) is 2. The van der Waals surface area contributed by atoms with E-state index in [0.717, 1.165) is 11.1 Å². The van der Waals surface area contributed by atoms with Crippen LogP contribution in [0.3, 0.4) is 0 Å². The summed E-state index contributed by atoms with van der Waals surface area (Å²) in [7, 11) is 0. The molecule has 0 bridgehead atoms. The first kappa shape index (κ1) is 68.9. The number of benzene rings is 4. The first-order chi connectivity index (χ1) is 24.5. The Morgan fingerprint density at radius 1 is 0.450 bits per heavy atom. The van der Waals surface area contributed by atoms with Crippen LogP contribution in [0.5, 0.6) is 0 Å². The van der Waals surface area contributed by atoms with Crippen molar-refractivity contribution in [3.05, 3.63) is 130 Å². The molecule has 0 saturated carbocycles. The highest BCUT2D eigenvalue weighted by Crippen LogP contribution is 2.07. The third-order valence-electron chi connectivity index (χ3n) is 7.38. The van der Waals surface area contributed by atoms with E-state index in [-0.39, 0.29) is 96.6 Å². The number of nitrogen functional groups attached to an aromatic ring is 2. The Balaban J connectivity index is -0.000000163. The van der Waals surface area contributed by atoms with E-state index in [4.69, 9.17) is 20.9 Å². The van der Waals surface area contributed by atoms with Crippen LogP contribution in [-0.4, -0.2) is 75.7 Å². The van der Waals surface area contributed by atoms with E-state index >= 15 is 0 Å². The standard InChI is InChI=1S/C20H25N3O3.C19H23N3O3.9CH4/c1-14-3-5-16(6-4-14)19(24)22-11-12-26-15(2)13-23-20(25)17-7-9-18(21)10-8-17;1-14-2-4-15(5-3-14)18(23)21-10-12-25-13-11-22-19(24)16-6-8-17(20)9-7-16;;;;;;;;;/h3-10,15H,11-13,21H2,1-2H3,(H,22,24)(H,23,25);2-9H,10-13,20H2,1H3,(H,21,23)(H,22,24);9*1H4. The zero-order valence-corrected chi connectivity index (χ0v) is 29.4. The molecule has 0 aliphatic rings. The van der Waals surface area contributed by atoms with Gasteiger partial charge in [-0.15, -0.1) is 0 Å². The number of carbonyl (C=O) groups excluding carboxylic acids is 4. The van der Waals surface area contributed by atoms with Crippen LogP contribution < -0.4 is 32.7 Å². The lowest BCUT2D eigenvalue weighted by atomic mass is 10.1. The number of nitrogens with two attached hydrogens (primary N) is 2. The highest BCUT2D eigenvalue weighted by molar-refractivity contribution is 5.95. The van der Waals surface area contributed by atoms with Crippen molar-refractivity contribution in [3.63, 3.8) is 0 Å². The number of aryl methyl sites for hydroxylation is 2. The van der Waals surface area contributed by atoms with Crippen molar-refractivity contribution in [2.75, 3.05) is 57.5 Å². The van der Waals surface area contributed by atoms with E-state index in [2.05, 4.69) is 21.3 Å². The minimum absolute atomic E-state index is 0. The summed E-state index contributed by atoms with van der Waals surface area (Å²) in [5.41, 5.74) is 17.0. The minimum Gasteiger partial charge on any atom is -0.399 e. The number of hydrogen-bond donors (Lipinski definition) is 6. The van der Waals surface area contributed by atoms with Crippen molar-refractivity contribution in [1.82, 2.24) is 21.3 Å². The third-order valence-corrected chi connectivity index (χ3v) is 7.38. The Morgan fingerprint density at radius 2 is 0.717 bits per heavy atom. The van der Waals surface area contributed by atoms with Crippen molar-refractivity contribution in [2.24, 2.45) is 0 Å². The predicted molar refractivity (Wildman–Crippen MR) is 260 cm³/mol. The molecule has 12 heteroatoms. The molecule has 0 aromatic heterocycles. The number of nitrogens with one attached hydrogen (secondary N) is 4. The van der Waals surface area contributed by atoms with Gasteiger partial charge in [0, 0.05) is 59.8 Å². The van der Waals surface area contributed by atoms with E-state index in [1.165, 1.54) is 0 Å². The van der Waals surface area contributed by atoms with Crippen LogP contribution in [0, 0.1) is 13.8 Å². The third kappa shape index (κ3) is 26.3. The van der Waals surface area contributed by atoms with Crippen molar-refractivity contribution >= 4 is 35.0 Å². The van der Waals surface area contributed by atoms with Crippen molar-refractivity contribution in [2.45, 2.75) is 93.7 Å². The molecule has 0 saturated heterocycles. The number of rotatable bonds is 16. The van der Waals surface area contributed by atoms with Gasteiger partial charge in [0.2, 0.25) is 0 Å². The second-order valence-corrected chi connectivity index (χ2v) is 11.7. The van der Waals surface area contributed by atoms with Crippen LogP contribution in [0.15, 0.2) is 97.1 Å². The molecule has 0 aliphatic heterocycles. The predicted octanol–water partition coefficient (Wildman–Crippen LogP) is 9.62. The van der Waals surface area contributed by atoms with Crippen molar-refractivity contribution in [1.29, 1.82) is 0 Å². The van der Waals surface area contributed by atoms with Gasteiger partial charge in [0.15, 0.2) is 0 Å². The molecule has 342 valence electrons. The molecular weight excluding hydrogens is 757 g/mol. The van der Waals surface area contributed by atoms with Crippen LogP contribution in [0.2, 0.25) is 0 Å². The minimum atomic E-state index is -0.173. The Morgan fingerprint density at radius 3 is 1.03 bits per heavy atom. The van der Waals surface area contributed by atoms with Gasteiger partial charge in [-0.25, -0.2) is 0 Å². The molecule has 0 fully saturated rings. The number of carbonyl (C=O) groups is 4. The lowest BCUT2D eigenvalue weighted by Crippen LogP contribution is -2.34. The molecule has 1 unspecified atom stereocenters. The zero-order chi connectivity index (χ0) is 37.0. The molecule has 4 aromatic rings. The van der Waals surface area contributed by atoms with Gasteiger partial charge < -0.3 is 42.2 Å². The van der Waals surface area contributed by atoms with Gasteiger partial charge in [-0.2, -0.15) is 0 Å². The van der Waals surface area contributed by atoms with E-state index < -0.39 is 0 Å². The van der Waals surface area contributed by atoms with Gasteiger partial charge in [-0.05, 0) is 93.6 Å². The average Bonchev–Trinajstić information content (AvgIpc) is 3.13. The molecule has 0 radical (unpaired) electrons. The first-order valence-electron chi connectivity index (χ1n) is 16.7. The van der Waals surface area contributed by atoms with Crippen molar-refractivity contribution < 1.29 is 28.7 Å². The highest BCUT2D eigenvalue weighted by atomic mass is 16.5. The van der Waals surface area contributed by atoms with Gasteiger partial charge in [-0.3, -0.25) is 19.2 Å². The van der Waals surface area contributed by atoms with Gasteiger partial charge >= 0.3 is 0 Å². The van der Waals surface area contributed by atoms with Crippen LogP contribution in [0.25, 0.3) is 0 Å². The average molecular weight is 841 g/mol. The second-order valence-electron chi connectivity index (χ2n) is 11.7. The van der Waals surface area contributed by atoms with E-state index in [9.17, 15) is 19.2 Å². The summed E-state index contributed by atoms with van der Waals surface area (Å²) in [6.45, 7) is 8.55. The highest BCUT2D eigenvalue weighted by Gasteiger charge is 2.09. The molecule has 4 rings (SSSR count). The summed E-state index contributed by atoms with van der Waals surface area (Å²) in [6, 6.07) is 28.2. The monoisotopic (exact) mass is 841 g/mol. The first-order valence-corrected chi connectivity index (χ1v) is 16.7. The van der Waals surface area contributed by atoms with Crippen molar-refractivity contribution in [3.8, 4) is 0 Å². The van der Waals surface area contributed by atoms with Gasteiger partial charge in [0.05, 0.1) is 25.9 Å². The Kier molecular flexibility index (Phi) is 43.1. The molecule has 4 aromatic carbocycles. The quantitative estimate of drug-likeness (QED) is 0.0475.